The van der Waals surface area contributed by atoms with Crippen molar-refractivity contribution < 1.29 is 9.84 Å². The number of aromatic nitrogens is 2. The SMILES string of the molecule is CCC(=NCCCN1CCCCC1)c1c(O)n(-c2ccc(OC)cc2)c(=O)[nH]c1=O. The second-order valence-corrected chi connectivity index (χ2v) is 7.43. The van der Waals surface area contributed by atoms with Crippen LogP contribution < -0.4 is 16.0 Å². The van der Waals surface area contributed by atoms with Gasteiger partial charge in [-0.3, -0.25) is 14.8 Å². The Balaban J connectivity index is 1.85. The Labute approximate surface area is 175 Å². The van der Waals surface area contributed by atoms with Gasteiger partial charge in [0.1, 0.15) is 11.3 Å². The first-order valence-corrected chi connectivity index (χ1v) is 10.5. The van der Waals surface area contributed by atoms with Gasteiger partial charge < -0.3 is 14.7 Å². The molecule has 2 aromatic rings. The van der Waals surface area contributed by atoms with E-state index >= 15 is 0 Å². The molecule has 0 radical (unpaired) electrons. The number of nitrogens with zero attached hydrogens (tertiary/aromatic N) is 3. The van der Waals surface area contributed by atoms with Crippen LogP contribution in [0.3, 0.4) is 0 Å². The molecule has 2 heterocycles. The summed E-state index contributed by atoms with van der Waals surface area (Å²) in [7, 11) is 1.55. The highest BCUT2D eigenvalue weighted by Crippen LogP contribution is 2.20. The molecule has 0 aliphatic carbocycles. The van der Waals surface area contributed by atoms with Gasteiger partial charge >= 0.3 is 5.69 Å². The van der Waals surface area contributed by atoms with Gasteiger partial charge in [0.25, 0.3) is 5.56 Å². The monoisotopic (exact) mass is 414 g/mol. The molecule has 0 saturated carbocycles. The number of H-pyrrole nitrogens is 1. The van der Waals surface area contributed by atoms with Crippen molar-refractivity contribution in [2.45, 2.75) is 39.0 Å². The molecule has 0 unspecified atom stereocenters. The molecule has 1 saturated heterocycles. The molecule has 0 amide bonds. The van der Waals surface area contributed by atoms with Crippen LogP contribution in [0.5, 0.6) is 11.6 Å². The van der Waals surface area contributed by atoms with Gasteiger partial charge in [-0.05, 0) is 69.6 Å². The van der Waals surface area contributed by atoms with Crippen molar-refractivity contribution >= 4 is 5.71 Å². The lowest BCUT2D eigenvalue weighted by Crippen LogP contribution is -2.33. The van der Waals surface area contributed by atoms with E-state index in [9.17, 15) is 14.7 Å². The van der Waals surface area contributed by atoms with Crippen LogP contribution in [0, 0.1) is 0 Å². The molecule has 1 aromatic carbocycles. The number of ether oxygens (including phenoxy) is 1. The van der Waals surface area contributed by atoms with Gasteiger partial charge in [0.15, 0.2) is 0 Å². The Bertz CT molecular complexity index is 986. The third-order valence-electron chi connectivity index (χ3n) is 5.42. The summed E-state index contributed by atoms with van der Waals surface area (Å²) in [6.07, 6.45) is 5.17. The first-order chi connectivity index (χ1) is 14.5. The molecule has 30 heavy (non-hydrogen) atoms. The van der Waals surface area contributed by atoms with E-state index < -0.39 is 17.1 Å². The number of nitrogens with one attached hydrogen (secondary N) is 1. The predicted octanol–water partition coefficient (Wildman–Crippen LogP) is 2.32. The van der Waals surface area contributed by atoms with Crippen molar-refractivity contribution in [2.75, 3.05) is 33.3 Å². The van der Waals surface area contributed by atoms with E-state index in [-0.39, 0.29) is 5.56 Å². The molecular formula is C22H30N4O4. The third kappa shape index (κ3) is 4.99. The van der Waals surface area contributed by atoms with Crippen LogP contribution in [0.4, 0.5) is 0 Å². The summed E-state index contributed by atoms with van der Waals surface area (Å²) >= 11 is 0. The highest BCUT2D eigenvalue weighted by molar-refractivity contribution is 6.02. The number of rotatable bonds is 8. The Morgan fingerprint density at radius 2 is 1.87 bits per heavy atom. The molecule has 1 aromatic heterocycles. The fraction of sp³-hybridized carbons (Fsp3) is 0.500. The van der Waals surface area contributed by atoms with Gasteiger partial charge in [-0.15, -0.1) is 0 Å². The Morgan fingerprint density at radius 3 is 2.50 bits per heavy atom. The zero-order chi connectivity index (χ0) is 21.5. The number of hydrogen-bond acceptors (Lipinski definition) is 6. The number of aliphatic imine (C=N–C) groups is 1. The molecule has 0 atom stereocenters. The minimum atomic E-state index is -0.702. The highest BCUT2D eigenvalue weighted by Gasteiger charge is 2.19. The lowest BCUT2D eigenvalue weighted by molar-refractivity contribution is 0.228. The van der Waals surface area contributed by atoms with Crippen LogP contribution in [-0.4, -0.2) is 58.6 Å². The van der Waals surface area contributed by atoms with Crippen molar-refractivity contribution in [1.82, 2.24) is 14.5 Å². The topological polar surface area (TPSA) is 99.9 Å². The third-order valence-corrected chi connectivity index (χ3v) is 5.42. The quantitative estimate of drug-likeness (QED) is 0.510. The number of hydrogen-bond donors (Lipinski definition) is 2. The summed E-state index contributed by atoms with van der Waals surface area (Å²) in [6, 6.07) is 6.65. The summed E-state index contributed by atoms with van der Waals surface area (Å²) in [4.78, 5) is 34.2. The van der Waals surface area contributed by atoms with E-state index in [0.717, 1.165) is 30.6 Å². The number of aromatic hydroxyl groups is 1. The summed E-state index contributed by atoms with van der Waals surface area (Å²) in [6.45, 7) is 5.70. The molecule has 1 aliphatic heterocycles. The van der Waals surface area contributed by atoms with Gasteiger partial charge in [0.05, 0.1) is 18.5 Å². The zero-order valence-corrected chi connectivity index (χ0v) is 17.7. The lowest BCUT2D eigenvalue weighted by Gasteiger charge is -2.25. The Hall–Kier alpha value is -2.87. The fourth-order valence-corrected chi connectivity index (χ4v) is 3.81. The van der Waals surface area contributed by atoms with E-state index in [2.05, 4.69) is 14.9 Å². The van der Waals surface area contributed by atoms with Gasteiger partial charge in [-0.2, -0.15) is 0 Å². The van der Waals surface area contributed by atoms with Crippen LogP contribution >= 0.6 is 0 Å². The average molecular weight is 415 g/mol. The van der Waals surface area contributed by atoms with Gasteiger partial charge in [-0.1, -0.05) is 13.3 Å². The second kappa shape index (κ2) is 10.2. The molecule has 162 valence electrons. The van der Waals surface area contributed by atoms with Gasteiger partial charge in [0.2, 0.25) is 5.88 Å². The number of benzene rings is 1. The number of likely N-dealkylation sites (tertiary alicyclic amines) is 1. The minimum absolute atomic E-state index is 0.0471. The molecule has 2 N–H and O–H groups in total. The maximum absolute atomic E-state index is 12.5. The Morgan fingerprint density at radius 1 is 1.17 bits per heavy atom. The van der Waals surface area contributed by atoms with Crippen molar-refractivity contribution in [3.8, 4) is 17.3 Å². The van der Waals surface area contributed by atoms with E-state index in [0.29, 0.717) is 30.1 Å². The van der Waals surface area contributed by atoms with E-state index in [1.807, 2.05) is 6.92 Å². The smallest absolute Gasteiger partial charge is 0.335 e. The molecule has 1 fully saturated rings. The molecular weight excluding hydrogens is 384 g/mol. The summed E-state index contributed by atoms with van der Waals surface area (Å²) in [5, 5.41) is 10.8. The van der Waals surface area contributed by atoms with Crippen LogP contribution in [0.15, 0.2) is 38.8 Å². The Kier molecular flexibility index (Phi) is 7.46. The summed E-state index contributed by atoms with van der Waals surface area (Å²) in [5.74, 6) is 0.228. The van der Waals surface area contributed by atoms with Crippen molar-refractivity contribution in [1.29, 1.82) is 0 Å². The zero-order valence-electron chi connectivity index (χ0n) is 17.7. The minimum Gasteiger partial charge on any atom is -0.497 e. The fourth-order valence-electron chi connectivity index (χ4n) is 3.81. The van der Waals surface area contributed by atoms with Gasteiger partial charge in [0, 0.05) is 6.54 Å². The van der Waals surface area contributed by atoms with Crippen LogP contribution in [0.25, 0.3) is 5.69 Å². The van der Waals surface area contributed by atoms with E-state index in [1.165, 1.54) is 19.3 Å². The maximum atomic E-state index is 12.5. The number of methoxy groups -OCH3 is 1. The molecule has 1 aliphatic rings. The predicted molar refractivity (Wildman–Crippen MR) is 117 cm³/mol. The normalized spacial score (nSPS) is 15.3. The average Bonchev–Trinajstić information content (AvgIpc) is 2.76. The molecule has 3 rings (SSSR count). The molecule has 8 heteroatoms. The number of piperidine rings is 1. The van der Waals surface area contributed by atoms with Gasteiger partial charge in [-0.25, -0.2) is 9.36 Å². The van der Waals surface area contributed by atoms with E-state index in [4.69, 9.17) is 4.74 Å². The van der Waals surface area contributed by atoms with Crippen molar-refractivity contribution in [3.63, 3.8) is 0 Å². The van der Waals surface area contributed by atoms with Crippen molar-refractivity contribution in [3.05, 3.63) is 50.7 Å². The largest absolute Gasteiger partial charge is 0.497 e. The first kappa shape index (κ1) is 21.8. The second-order valence-electron chi connectivity index (χ2n) is 7.43. The maximum Gasteiger partial charge on any atom is 0.335 e. The van der Waals surface area contributed by atoms with E-state index in [1.54, 1.807) is 31.4 Å². The van der Waals surface area contributed by atoms with Crippen LogP contribution in [0.1, 0.15) is 44.6 Å². The molecule has 8 nitrogen and oxygen atoms in total. The molecule has 0 bridgehead atoms. The summed E-state index contributed by atoms with van der Waals surface area (Å²) < 4.78 is 6.21. The van der Waals surface area contributed by atoms with Crippen molar-refractivity contribution in [2.24, 2.45) is 4.99 Å². The standard InChI is InChI=1S/C22H30N4O4/c1-3-18(23-12-7-15-25-13-5-4-6-14-25)19-20(27)24-22(29)26(21(19)28)16-8-10-17(30-2)11-9-16/h8-11,28H,3-7,12-15H2,1-2H3,(H,24,27,29). The summed E-state index contributed by atoms with van der Waals surface area (Å²) in [5.41, 5.74) is -0.359. The highest BCUT2D eigenvalue weighted by atomic mass is 16.5. The van der Waals surface area contributed by atoms with Crippen LogP contribution in [0.2, 0.25) is 0 Å². The lowest BCUT2D eigenvalue weighted by atomic mass is 10.1. The number of aromatic amines is 1. The van der Waals surface area contributed by atoms with Crippen LogP contribution in [-0.2, 0) is 0 Å². The molecule has 0 spiro atoms. The first-order valence-electron chi connectivity index (χ1n) is 10.5.